The molecule has 2 rings (SSSR count). The van der Waals surface area contributed by atoms with Crippen molar-refractivity contribution in [3.05, 3.63) is 45.7 Å². The van der Waals surface area contributed by atoms with E-state index in [2.05, 4.69) is 15.5 Å². The van der Waals surface area contributed by atoms with Crippen LogP contribution in [0.4, 0.5) is 0 Å². The summed E-state index contributed by atoms with van der Waals surface area (Å²) in [7, 11) is 0. The van der Waals surface area contributed by atoms with Crippen molar-refractivity contribution < 1.29 is 9.53 Å². The van der Waals surface area contributed by atoms with Gasteiger partial charge in [0, 0.05) is 23.9 Å². The van der Waals surface area contributed by atoms with E-state index >= 15 is 0 Å². The molecule has 1 aromatic heterocycles. The van der Waals surface area contributed by atoms with E-state index in [0.29, 0.717) is 22.3 Å². The van der Waals surface area contributed by atoms with Crippen LogP contribution in [0.3, 0.4) is 0 Å². The van der Waals surface area contributed by atoms with E-state index in [1.54, 1.807) is 24.4 Å². The number of carbonyl (C=O) groups is 1. The van der Waals surface area contributed by atoms with Gasteiger partial charge >= 0.3 is 0 Å². The van der Waals surface area contributed by atoms with Crippen molar-refractivity contribution in [1.29, 1.82) is 0 Å². The number of nitrogens with one attached hydrogen (secondary N) is 2. The van der Waals surface area contributed by atoms with Crippen molar-refractivity contribution in [3.63, 3.8) is 0 Å². The van der Waals surface area contributed by atoms with Gasteiger partial charge in [0.15, 0.2) is 6.61 Å². The van der Waals surface area contributed by atoms with E-state index in [0.717, 1.165) is 11.3 Å². The minimum absolute atomic E-state index is 0.0884. The third-order valence-electron chi connectivity index (χ3n) is 2.67. The van der Waals surface area contributed by atoms with Gasteiger partial charge in [0.25, 0.3) is 5.91 Å². The highest BCUT2D eigenvalue weighted by Crippen LogP contribution is 2.26. The van der Waals surface area contributed by atoms with Crippen LogP contribution in [0.2, 0.25) is 10.0 Å². The van der Waals surface area contributed by atoms with Gasteiger partial charge in [0.1, 0.15) is 5.75 Å². The number of amides is 1. The monoisotopic (exact) mass is 313 g/mol. The van der Waals surface area contributed by atoms with E-state index < -0.39 is 0 Å². The Labute approximate surface area is 126 Å². The molecule has 106 valence electrons. The molecule has 0 fully saturated rings. The lowest BCUT2D eigenvalue weighted by Crippen LogP contribution is -2.28. The van der Waals surface area contributed by atoms with Crippen molar-refractivity contribution in [2.45, 2.75) is 13.5 Å². The normalized spacial score (nSPS) is 10.3. The molecule has 0 radical (unpaired) electrons. The van der Waals surface area contributed by atoms with Gasteiger partial charge < -0.3 is 10.1 Å². The fourth-order valence-corrected chi connectivity index (χ4v) is 1.80. The predicted octanol–water partition coefficient (Wildman–Crippen LogP) is 2.72. The molecule has 0 aliphatic rings. The van der Waals surface area contributed by atoms with Crippen molar-refractivity contribution in [2.75, 3.05) is 6.61 Å². The summed E-state index contributed by atoms with van der Waals surface area (Å²) in [5.41, 5.74) is 1.86. The predicted molar refractivity (Wildman–Crippen MR) is 77.1 cm³/mol. The fourth-order valence-electron chi connectivity index (χ4n) is 1.51. The Bertz CT molecular complexity index is 613. The maximum absolute atomic E-state index is 11.6. The van der Waals surface area contributed by atoms with Gasteiger partial charge in [-0.05, 0) is 19.1 Å². The lowest BCUT2D eigenvalue weighted by atomic mass is 10.2. The van der Waals surface area contributed by atoms with Crippen molar-refractivity contribution in [3.8, 4) is 5.75 Å². The van der Waals surface area contributed by atoms with Gasteiger partial charge in [-0.25, -0.2) is 0 Å². The molecule has 0 saturated carbocycles. The number of benzene rings is 1. The lowest BCUT2D eigenvalue weighted by Gasteiger charge is -2.08. The Morgan fingerprint density at radius 1 is 1.40 bits per heavy atom. The van der Waals surface area contributed by atoms with Crippen LogP contribution < -0.4 is 10.1 Å². The maximum Gasteiger partial charge on any atom is 0.258 e. The summed E-state index contributed by atoms with van der Waals surface area (Å²) in [5, 5.41) is 10.2. The van der Waals surface area contributed by atoms with E-state index in [4.69, 9.17) is 27.9 Å². The summed E-state index contributed by atoms with van der Waals surface area (Å²) in [5.74, 6) is 0.269. The average Bonchev–Trinajstić information content (AvgIpc) is 2.83. The number of rotatable bonds is 5. The van der Waals surface area contributed by atoms with Crippen LogP contribution in [0.1, 0.15) is 11.3 Å². The number of ether oxygens (including phenoxy) is 1. The van der Waals surface area contributed by atoms with Crippen LogP contribution in [0.25, 0.3) is 0 Å². The second-order valence-corrected chi connectivity index (χ2v) is 4.98. The van der Waals surface area contributed by atoms with Crippen LogP contribution >= 0.6 is 23.2 Å². The van der Waals surface area contributed by atoms with Gasteiger partial charge in [-0.15, -0.1) is 0 Å². The third-order valence-corrected chi connectivity index (χ3v) is 3.41. The molecule has 1 heterocycles. The smallest absolute Gasteiger partial charge is 0.258 e. The van der Waals surface area contributed by atoms with Gasteiger partial charge in [-0.2, -0.15) is 5.10 Å². The molecule has 5 nitrogen and oxygen atoms in total. The Hall–Kier alpha value is -1.72. The zero-order valence-electron chi connectivity index (χ0n) is 10.7. The molecule has 1 amide bonds. The Kier molecular flexibility index (Phi) is 4.87. The summed E-state index contributed by atoms with van der Waals surface area (Å²) in [4.78, 5) is 11.6. The largest absolute Gasteiger partial charge is 0.484 e. The second-order valence-electron chi connectivity index (χ2n) is 4.16. The van der Waals surface area contributed by atoms with Gasteiger partial charge in [0.2, 0.25) is 0 Å². The number of aryl methyl sites for hydroxylation is 1. The number of aromatic nitrogens is 2. The Morgan fingerprint density at radius 3 is 2.85 bits per heavy atom. The lowest BCUT2D eigenvalue weighted by molar-refractivity contribution is -0.123. The third kappa shape index (κ3) is 3.88. The molecule has 0 spiro atoms. The summed E-state index contributed by atoms with van der Waals surface area (Å²) in [6.07, 6.45) is 1.68. The highest BCUT2D eigenvalue weighted by atomic mass is 35.5. The fraction of sp³-hybridized carbons (Fsp3) is 0.231. The molecule has 0 bridgehead atoms. The highest BCUT2D eigenvalue weighted by molar-refractivity contribution is 6.42. The number of hydrogen-bond donors (Lipinski definition) is 2. The number of nitrogens with zero attached hydrogens (tertiary/aromatic N) is 1. The van der Waals surface area contributed by atoms with Gasteiger partial charge in [-0.1, -0.05) is 23.2 Å². The van der Waals surface area contributed by atoms with E-state index in [1.165, 1.54) is 0 Å². The molecule has 2 aromatic rings. The first-order chi connectivity index (χ1) is 9.56. The summed E-state index contributed by atoms with van der Waals surface area (Å²) >= 11 is 11.6. The second kappa shape index (κ2) is 6.63. The average molecular weight is 314 g/mol. The SMILES string of the molecule is Cc1[nH]ncc1CNC(=O)COc1ccc(Cl)c(Cl)c1. The molecule has 20 heavy (non-hydrogen) atoms. The van der Waals surface area contributed by atoms with Crippen LogP contribution in [-0.4, -0.2) is 22.7 Å². The Balaban J connectivity index is 1.80. The molecule has 1 aromatic carbocycles. The van der Waals surface area contributed by atoms with E-state index in [9.17, 15) is 4.79 Å². The van der Waals surface area contributed by atoms with Crippen LogP contribution in [0, 0.1) is 6.92 Å². The summed E-state index contributed by atoms with van der Waals surface area (Å²) in [6, 6.07) is 4.84. The van der Waals surface area contributed by atoms with Crippen LogP contribution in [-0.2, 0) is 11.3 Å². The minimum Gasteiger partial charge on any atom is -0.484 e. The molecule has 0 atom stereocenters. The molecule has 7 heteroatoms. The van der Waals surface area contributed by atoms with Crippen LogP contribution in [0.15, 0.2) is 24.4 Å². The molecular weight excluding hydrogens is 301 g/mol. The summed E-state index contributed by atoms with van der Waals surface area (Å²) < 4.78 is 5.33. The molecule has 2 N–H and O–H groups in total. The highest BCUT2D eigenvalue weighted by Gasteiger charge is 2.06. The van der Waals surface area contributed by atoms with E-state index in [-0.39, 0.29) is 12.5 Å². The van der Waals surface area contributed by atoms with E-state index in [1.807, 2.05) is 6.92 Å². The molecule has 0 aliphatic carbocycles. The van der Waals surface area contributed by atoms with Crippen molar-refractivity contribution in [2.24, 2.45) is 0 Å². The van der Waals surface area contributed by atoms with Crippen molar-refractivity contribution in [1.82, 2.24) is 15.5 Å². The number of aromatic amines is 1. The minimum atomic E-state index is -0.225. The quantitative estimate of drug-likeness (QED) is 0.892. The van der Waals surface area contributed by atoms with Crippen molar-refractivity contribution >= 4 is 29.1 Å². The standard InChI is InChI=1S/C13H13Cl2N3O2/c1-8-9(6-17-18-8)5-16-13(19)7-20-10-2-3-11(14)12(15)4-10/h2-4,6H,5,7H2,1H3,(H,16,19)(H,17,18). The molecule has 0 saturated heterocycles. The molecule has 0 unspecified atom stereocenters. The van der Waals surface area contributed by atoms with Gasteiger partial charge in [0.05, 0.1) is 16.2 Å². The number of H-pyrrole nitrogens is 1. The number of halogens is 2. The van der Waals surface area contributed by atoms with Gasteiger partial charge in [-0.3, -0.25) is 9.89 Å². The first kappa shape index (κ1) is 14.7. The topological polar surface area (TPSA) is 67.0 Å². The van der Waals surface area contributed by atoms with Crippen LogP contribution in [0.5, 0.6) is 5.75 Å². The first-order valence-corrected chi connectivity index (χ1v) is 6.65. The Morgan fingerprint density at radius 2 is 2.20 bits per heavy atom. The molecule has 0 aliphatic heterocycles. The molecular formula is C13H13Cl2N3O2. The summed E-state index contributed by atoms with van der Waals surface area (Å²) in [6.45, 7) is 2.21. The first-order valence-electron chi connectivity index (χ1n) is 5.89. The zero-order chi connectivity index (χ0) is 14.5. The number of carbonyl (C=O) groups excluding carboxylic acids is 1. The number of hydrogen-bond acceptors (Lipinski definition) is 3. The zero-order valence-corrected chi connectivity index (χ0v) is 12.3. The maximum atomic E-state index is 11.6.